The molecule has 0 amide bonds. The highest BCUT2D eigenvalue weighted by Gasteiger charge is 2.24. The molecule has 0 atom stereocenters. The first kappa shape index (κ1) is 13.9. The van der Waals surface area contributed by atoms with Crippen LogP contribution < -0.4 is 0 Å². The van der Waals surface area contributed by atoms with Gasteiger partial charge in [0.1, 0.15) is 0 Å². The van der Waals surface area contributed by atoms with Crippen LogP contribution >= 0.6 is 0 Å². The average Bonchev–Trinajstić information content (AvgIpc) is 2.36. The van der Waals surface area contributed by atoms with E-state index >= 15 is 0 Å². The first-order chi connectivity index (χ1) is 7.24. The fraction of sp³-hybridized carbons (Fsp3) is 0.667. The van der Waals surface area contributed by atoms with Crippen LogP contribution in [0, 0.1) is 5.41 Å². The van der Waals surface area contributed by atoms with Crippen LogP contribution in [0.15, 0.2) is 18.5 Å². The molecule has 1 heterocycles. The van der Waals surface area contributed by atoms with E-state index in [0.717, 1.165) is 0 Å². The molecule has 1 aromatic rings. The monoisotopic (exact) mass is 215 g/mol. The zero-order chi connectivity index (χ0) is 11.6. The van der Waals surface area contributed by atoms with Gasteiger partial charge in [-0.05, 0) is 17.7 Å². The second-order valence-electron chi connectivity index (χ2n) is 3.14. The Morgan fingerprint density at radius 2 is 1.47 bits per heavy atom. The van der Waals surface area contributed by atoms with Crippen molar-refractivity contribution in [3.05, 3.63) is 18.5 Å². The Labute approximate surface area is 88.6 Å². The molecule has 6 heteroatoms. The topological polar surface area (TPSA) is 99.4 Å². The van der Waals surface area contributed by atoms with E-state index in [-0.39, 0.29) is 19.8 Å². The van der Waals surface area contributed by atoms with Gasteiger partial charge in [-0.25, -0.2) is 0 Å². The van der Waals surface area contributed by atoms with Gasteiger partial charge in [-0.15, -0.1) is 10.2 Å². The summed E-state index contributed by atoms with van der Waals surface area (Å²) in [5.74, 6) is 0. The number of hydrogen-bond donors (Lipinski definition) is 3. The van der Waals surface area contributed by atoms with Crippen molar-refractivity contribution >= 4 is 0 Å². The van der Waals surface area contributed by atoms with Crippen molar-refractivity contribution in [1.29, 1.82) is 0 Å². The van der Waals surface area contributed by atoms with E-state index in [1.54, 1.807) is 18.5 Å². The van der Waals surface area contributed by atoms with Gasteiger partial charge in [0, 0.05) is 5.41 Å². The lowest BCUT2D eigenvalue weighted by Gasteiger charge is -2.24. The van der Waals surface area contributed by atoms with Crippen LogP contribution in [0.25, 0.3) is 0 Å². The molecule has 86 valence electrons. The predicted octanol–water partition coefficient (Wildman–Crippen LogP) is -0.769. The molecule has 0 saturated carbocycles. The zero-order valence-electron chi connectivity index (χ0n) is 8.74. The van der Waals surface area contributed by atoms with Crippen molar-refractivity contribution in [1.82, 2.24) is 15.4 Å². The lowest BCUT2D eigenvalue weighted by atomic mass is 9.88. The molecule has 0 saturated heterocycles. The van der Waals surface area contributed by atoms with Crippen LogP contribution in [0.2, 0.25) is 0 Å². The highest BCUT2D eigenvalue weighted by atomic mass is 16.3. The summed E-state index contributed by atoms with van der Waals surface area (Å²) in [7, 11) is 0. The largest absolute Gasteiger partial charge is 0.396 e. The van der Waals surface area contributed by atoms with E-state index in [4.69, 9.17) is 15.3 Å². The number of aliphatic hydroxyl groups excluding tert-OH is 3. The number of rotatable bonds is 4. The second-order valence-corrected chi connectivity index (χ2v) is 3.14. The molecule has 0 aliphatic carbocycles. The molecule has 0 aliphatic heterocycles. The van der Waals surface area contributed by atoms with Gasteiger partial charge in [0.05, 0.1) is 32.2 Å². The lowest BCUT2D eigenvalue weighted by molar-refractivity contribution is 0.00304. The maximum Gasteiger partial charge on any atom is 0.0531 e. The minimum absolute atomic E-state index is 0.156. The van der Waals surface area contributed by atoms with Crippen LogP contribution in [0.4, 0.5) is 0 Å². The Morgan fingerprint density at radius 1 is 1.00 bits per heavy atom. The van der Waals surface area contributed by atoms with Gasteiger partial charge in [0.15, 0.2) is 0 Å². The predicted molar refractivity (Wildman–Crippen MR) is 53.8 cm³/mol. The quantitative estimate of drug-likeness (QED) is 0.610. The first-order valence-corrected chi connectivity index (χ1v) is 4.65. The Balaban J connectivity index is 0.000000280. The van der Waals surface area contributed by atoms with Gasteiger partial charge >= 0.3 is 0 Å². The molecular weight excluding hydrogens is 198 g/mol. The second kappa shape index (κ2) is 8.22. The Hall–Kier alpha value is -1.11. The Bertz CT molecular complexity index is 185. The average molecular weight is 215 g/mol. The van der Waals surface area contributed by atoms with Crippen molar-refractivity contribution in [2.45, 2.75) is 13.3 Å². The van der Waals surface area contributed by atoms with Gasteiger partial charge < -0.3 is 15.3 Å². The van der Waals surface area contributed by atoms with Crippen molar-refractivity contribution in [3.8, 4) is 0 Å². The Kier molecular flexibility index (Phi) is 7.61. The molecule has 0 fully saturated rings. The maximum absolute atomic E-state index is 8.66. The molecular formula is C9H17N3O3. The summed E-state index contributed by atoms with van der Waals surface area (Å²) in [4.78, 5) is 0. The molecule has 0 aromatic carbocycles. The van der Waals surface area contributed by atoms with Crippen molar-refractivity contribution in [2.75, 3.05) is 19.8 Å². The molecule has 0 spiro atoms. The van der Waals surface area contributed by atoms with Crippen LogP contribution in [0.1, 0.15) is 13.3 Å². The molecule has 0 radical (unpaired) electrons. The van der Waals surface area contributed by atoms with Crippen LogP contribution in [0.3, 0.4) is 0 Å². The number of aromatic nitrogens is 3. The van der Waals surface area contributed by atoms with E-state index in [1.807, 2.05) is 6.92 Å². The summed E-state index contributed by atoms with van der Waals surface area (Å²) in [6.07, 6.45) is 3.75. The van der Waals surface area contributed by atoms with Crippen LogP contribution in [-0.4, -0.2) is 50.6 Å². The summed E-state index contributed by atoms with van der Waals surface area (Å²) >= 11 is 0. The summed E-state index contributed by atoms with van der Waals surface area (Å²) in [6, 6.07) is 1.72. The molecule has 0 unspecified atom stereocenters. The van der Waals surface area contributed by atoms with Crippen molar-refractivity contribution in [3.63, 3.8) is 0 Å². The zero-order valence-corrected chi connectivity index (χ0v) is 8.74. The third kappa shape index (κ3) is 5.36. The molecule has 0 aliphatic rings. The molecule has 15 heavy (non-hydrogen) atoms. The standard InChI is InChI=1S/C6H14O3.C3H3N3/c1-2-6(3-7,4-8)5-9;1-2-4-6-5-3-1/h7-9H,2-5H2,1H3;1-3H. The molecule has 6 nitrogen and oxygen atoms in total. The number of nitrogens with zero attached hydrogens (tertiary/aromatic N) is 3. The van der Waals surface area contributed by atoms with E-state index in [9.17, 15) is 0 Å². The van der Waals surface area contributed by atoms with E-state index < -0.39 is 5.41 Å². The van der Waals surface area contributed by atoms with Gasteiger partial charge in [-0.2, -0.15) is 0 Å². The highest BCUT2D eigenvalue weighted by molar-refractivity contribution is 4.74. The minimum atomic E-state index is -0.667. The molecule has 1 aromatic heterocycles. The van der Waals surface area contributed by atoms with Crippen molar-refractivity contribution < 1.29 is 15.3 Å². The van der Waals surface area contributed by atoms with E-state index in [1.165, 1.54) is 0 Å². The van der Waals surface area contributed by atoms with E-state index in [0.29, 0.717) is 6.42 Å². The van der Waals surface area contributed by atoms with Gasteiger partial charge in [0.25, 0.3) is 0 Å². The third-order valence-corrected chi connectivity index (χ3v) is 2.16. The summed E-state index contributed by atoms with van der Waals surface area (Å²) in [5, 5.41) is 36.1. The number of aliphatic hydroxyl groups is 3. The van der Waals surface area contributed by atoms with Crippen LogP contribution in [-0.2, 0) is 0 Å². The SMILES string of the molecule is CCC(CO)(CO)CO.c1cnnnc1. The normalized spacial score (nSPS) is 10.4. The minimum Gasteiger partial charge on any atom is -0.396 e. The van der Waals surface area contributed by atoms with Gasteiger partial charge in [-0.3, -0.25) is 0 Å². The van der Waals surface area contributed by atoms with Crippen molar-refractivity contribution in [2.24, 2.45) is 5.41 Å². The summed E-state index contributed by atoms with van der Waals surface area (Å²) in [6.45, 7) is 1.35. The fourth-order valence-corrected chi connectivity index (χ4v) is 0.690. The smallest absolute Gasteiger partial charge is 0.0531 e. The molecule has 3 N–H and O–H groups in total. The maximum atomic E-state index is 8.66. The van der Waals surface area contributed by atoms with Crippen LogP contribution in [0.5, 0.6) is 0 Å². The molecule has 1 rings (SSSR count). The summed E-state index contributed by atoms with van der Waals surface area (Å²) < 4.78 is 0. The highest BCUT2D eigenvalue weighted by Crippen LogP contribution is 2.18. The third-order valence-electron chi connectivity index (χ3n) is 2.16. The van der Waals surface area contributed by atoms with Gasteiger partial charge in [-0.1, -0.05) is 6.92 Å². The summed E-state index contributed by atoms with van der Waals surface area (Å²) in [5.41, 5.74) is -0.667. The number of hydrogen-bond acceptors (Lipinski definition) is 6. The van der Waals surface area contributed by atoms with E-state index in [2.05, 4.69) is 15.4 Å². The first-order valence-electron chi connectivity index (χ1n) is 4.65. The Morgan fingerprint density at radius 3 is 1.53 bits per heavy atom. The van der Waals surface area contributed by atoms with Gasteiger partial charge in [0.2, 0.25) is 0 Å². The molecule has 0 bridgehead atoms. The fourth-order valence-electron chi connectivity index (χ4n) is 0.690. The lowest BCUT2D eigenvalue weighted by Crippen LogP contribution is -2.32.